The van der Waals surface area contributed by atoms with Crippen LogP contribution >= 0.6 is 0 Å². The van der Waals surface area contributed by atoms with Gasteiger partial charge in [-0.2, -0.15) is 0 Å². The summed E-state index contributed by atoms with van der Waals surface area (Å²) in [6.07, 6.45) is 4.91. The number of likely N-dealkylation sites (N-methyl/N-ethyl adjacent to an activating group) is 1. The van der Waals surface area contributed by atoms with Gasteiger partial charge in [0.1, 0.15) is 11.6 Å². The zero-order chi connectivity index (χ0) is 28.7. The van der Waals surface area contributed by atoms with Crippen LogP contribution in [0.15, 0.2) is 43.5 Å². The number of nitrogens with zero attached hydrogens (tertiary/aromatic N) is 3. The highest BCUT2D eigenvalue weighted by atomic mass is 16.5. The van der Waals surface area contributed by atoms with Crippen molar-refractivity contribution in [3.8, 4) is 0 Å². The number of carbonyl (C=O) groups excluding carboxylic acids is 3. The number of aliphatic hydroxyl groups is 1. The Balaban J connectivity index is 1.84. The Morgan fingerprint density at radius 3 is 2.51 bits per heavy atom. The van der Waals surface area contributed by atoms with Crippen LogP contribution in [0, 0.1) is 31.6 Å². The van der Waals surface area contributed by atoms with Crippen molar-refractivity contribution in [1.82, 2.24) is 9.80 Å². The maximum atomic E-state index is 14.7. The van der Waals surface area contributed by atoms with Crippen LogP contribution in [0.1, 0.15) is 44.2 Å². The van der Waals surface area contributed by atoms with Gasteiger partial charge in [-0.1, -0.05) is 31.2 Å². The number of fused-ring (bicyclic) bond motifs is 1. The molecule has 2 bridgehead atoms. The summed E-state index contributed by atoms with van der Waals surface area (Å²) in [4.78, 5) is 47.7. The lowest BCUT2D eigenvalue weighted by Crippen LogP contribution is -2.57. The quantitative estimate of drug-likeness (QED) is 0.346. The first-order valence-electron chi connectivity index (χ1n) is 13.9. The third-order valence-electron chi connectivity index (χ3n) is 9.13. The number of hydrogen-bond acceptors (Lipinski definition) is 5. The van der Waals surface area contributed by atoms with Crippen LogP contribution < -0.4 is 4.90 Å². The molecular formula is C31H43N3O5. The van der Waals surface area contributed by atoms with Crippen molar-refractivity contribution >= 4 is 23.4 Å². The molecule has 39 heavy (non-hydrogen) atoms. The predicted molar refractivity (Wildman–Crippen MR) is 151 cm³/mol. The fraction of sp³-hybridized carbons (Fsp3) is 0.581. The second kappa shape index (κ2) is 10.9. The van der Waals surface area contributed by atoms with Crippen molar-refractivity contribution in [2.75, 3.05) is 38.2 Å². The Bertz CT molecular complexity index is 1170. The summed E-state index contributed by atoms with van der Waals surface area (Å²) >= 11 is 0. The summed E-state index contributed by atoms with van der Waals surface area (Å²) in [7, 11) is 1.71. The number of rotatable bonds is 11. The van der Waals surface area contributed by atoms with Crippen LogP contribution in [0.5, 0.6) is 0 Å². The van der Waals surface area contributed by atoms with Gasteiger partial charge < -0.3 is 24.5 Å². The number of amides is 3. The van der Waals surface area contributed by atoms with Gasteiger partial charge in [0.25, 0.3) is 5.91 Å². The molecule has 1 aromatic rings. The number of likely N-dealkylation sites (tertiary alicyclic amines) is 1. The van der Waals surface area contributed by atoms with E-state index in [1.165, 1.54) is 0 Å². The van der Waals surface area contributed by atoms with Crippen molar-refractivity contribution < 1.29 is 24.2 Å². The standard InChI is InChI=1S/C31H43N3O5/c1-8-14-32(7)27(36)24-25-28(37)34(16-10-11-17-35)26(31(25)19-22(5)30(24,6)39-31)29(38)33(15-9-2)23-18-20(3)12-13-21(23)4/h8-9,12-13,18,22,24-26,35H,1-2,10-11,14-17,19H2,3-7H3/t22?,24-,25+,26?,30+,31?/m1/s1. The van der Waals surface area contributed by atoms with Crippen LogP contribution in [-0.2, 0) is 19.1 Å². The number of carbonyl (C=O) groups is 3. The summed E-state index contributed by atoms with van der Waals surface area (Å²) in [6.45, 7) is 16.5. The summed E-state index contributed by atoms with van der Waals surface area (Å²) < 4.78 is 6.85. The highest BCUT2D eigenvalue weighted by molar-refractivity contribution is 6.05. The van der Waals surface area contributed by atoms with Crippen molar-refractivity contribution in [3.63, 3.8) is 0 Å². The maximum Gasteiger partial charge on any atom is 0.253 e. The molecule has 3 saturated heterocycles. The molecule has 1 N–H and O–H groups in total. The van der Waals surface area contributed by atoms with Crippen LogP contribution in [0.25, 0.3) is 0 Å². The molecule has 0 radical (unpaired) electrons. The normalized spacial score (nSPS) is 30.8. The summed E-state index contributed by atoms with van der Waals surface area (Å²) in [5.41, 5.74) is 0.745. The van der Waals surface area contributed by atoms with E-state index >= 15 is 0 Å². The van der Waals surface area contributed by atoms with Gasteiger partial charge in [0, 0.05) is 39.0 Å². The van der Waals surface area contributed by atoms with Crippen LogP contribution in [0.3, 0.4) is 0 Å². The van der Waals surface area contributed by atoms with Crippen LogP contribution in [-0.4, -0.2) is 83.2 Å². The minimum absolute atomic E-state index is 0.000640. The zero-order valence-corrected chi connectivity index (χ0v) is 24.0. The first-order chi connectivity index (χ1) is 18.5. The lowest BCUT2D eigenvalue weighted by Gasteiger charge is -2.38. The molecule has 8 nitrogen and oxygen atoms in total. The zero-order valence-electron chi connectivity index (χ0n) is 24.0. The first kappa shape index (κ1) is 29.0. The van der Waals surface area contributed by atoms with Crippen molar-refractivity contribution in [2.45, 2.75) is 64.2 Å². The van der Waals surface area contributed by atoms with E-state index in [-0.39, 0.29) is 36.8 Å². The van der Waals surface area contributed by atoms with E-state index in [1.54, 1.807) is 33.9 Å². The molecule has 6 atom stereocenters. The van der Waals surface area contributed by atoms with Gasteiger partial charge in [-0.15, -0.1) is 13.2 Å². The van der Waals surface area contributed by atoms with Gasteiger partial charge in [0.15, 0.2) is 0 Å². The third kappa shape index (κ3) is 4.51. The number of ether oxygens (including phenoxy) is 1. The van der Waals surface area contributed by atoms with Gasteiger partial charge in [-0.3, -0.25) is 14.4 Å². The Morgan fingerprint density at radius 2 is 1.87 bits per heavy atom. The smallest absolute Gasteiger partial charge is 0.253 e. The van der Waals surface area contributed by atoms with Gasteiger partial charge >= 0.3 is 0 Å². The molecule has 3 amide bonds. The average molecular weight is 538 g/mol. The first-order valence-corrected chi connectivity index (χ1v) is 13.9. The average Bonchev–Trinajstić information content (AvgIpc) is 3.40. The number of benzene rings is 1. The molecule has 3 aliphatic rings. The molecule has 3 aliphatic heterocycles. The van der Waals surface area contributed by atoms with E-state index in [4.69, 9.17) is 4.74 Å². The molecule has 4 rings (SSSR count). The molecule has 0 saturated carbocycles. The van der Waals surface area contributed by atoms with E-state index in [2.05, 4.69) is 13.2 Å². The fourth-order valence-electron chi connectivity index (χ4n) is 7.14. The predicted octanol–water partition coefficient (Wildman–Crippen LogP) is 3.25. The Morgan fingerprint density at radius 1 is 1.18 bits per heavy atom. The number of hydrogen-bond donors (Lipinski definition) is 1. The minimum Gasteiger partial charge on any atom is -0.396 e. The number of anilines is 1. The molecule has 3 fully saturated rings. The maximum absolute atomic E-state index is 14.7. The molecule has 1 spiro atoms. The van der Waals surface area contributed by atoms with Gasteiger partial charge in [0.2, 0.25) is 11.8 Å². The van der Waals surface area contributed by atoms with Crippen molar-refractivity contribution in [3.05, 3.63) is 54.6 Å². The SMILES string of the molecule is C=CCN(C)C(=O)[C@H]1[C@H]2C(=O)N(CCCCO)C(C(=O)N(CC=C)c3cc(C)ccc3C)C23CC(C)[C@]1(C)O3. The fourth-order valence-corrected chi connectivity index (χ4v) is 7.14. The highest BCUT2D eigenvalue weighted by Crippen LogP contribution is 2.65. The second-order valence-corrected chi connectivity index (χ2v) is 11.7. The molecule has 8 heteroatoms. The Labute approximate surface area is 232 Å². The lowest BCUT2D eigenvalue weighted by molar-refractivity contribution is -0.150. The number of unbranched alkanes of at least 4 members (excludes halogenated alkanes) is 1. The lowest BCUT2D eigenvalue weighted by atomic mass is 9.62. The van der Waals surface area contributed by atoms with E-state index < -0.39 is 29.1 Å². The number of aliphatic hydroxyl groups excluding tert-OH is 1. The topological polar surface area (TPSA) is 90.4 Å². The van der Waals surface area contributed by atoms with E-state index in [9.17, 15) is 19.5 Å². The largest absolute Gasteiger partial charge is 0.396 e. The molecular weight excluding hydrogens is 494 g/mol. The Hall–Kier alpha value is -2.97. The van der Waals surface area contributed by atoms with Crippen LogP contribution in [0.2, 0.25) is 0 Å². The third-order valence-corrected chi connectivity index (χ3v) is 9.13. The summed E-state index contributed by atoms with van der Waals surface area (Å²) in [5, 5.41) is 9.43. The van der Waals surface area contributed by atoms with E-state index in [0.29, 0.717) is 32.4 Å². The van der Waals surface area contributed by atoms with Crippen molar-refractivity contribution in [2.24, 2.45) is 17.8 Å². The van der Waals surface area contributed by atoms with Crippen molar-refractivity contribution in [1.29, 1.82) is 0 Å². The van der Waals surface area contributed by atoms with E-state index in [0.717, 1.165) is 16.8 Å². The van der Waals surface area contributed by atoms with E-state index in [1.807, 2.05) is 45.9 Å². The molecule has 1 aromatic carbocycles. The molecule has 3 unspecified atom stereocenters. The molecule has 212 valence electrons. The molecule has 3 heterocycles. The van der Waals surface area contributed by atoms with Crippen LogP contribution in [0.4, 0.5) is 5.69 Å². The number of aryl methyl sites for hydroxylation is 2. The Kier molecular flexibility index (Phi) is 8.11. The minimum atomic E-state index is -1.12. The molecule has 0 aliphatic carbocycles. The monoisotopic (exact) mass is 537 g/mol. The van der Waals surface area contributed by atoms with Gasteiger partial charge in [-0.05, 0) is 63.1 Å². The summed E-state index contributed by atoms with van der Waals surface area (Å²) in [5.74, 6) is -2.10. The van der Waals surface area contributed by atoms with Gasteiger partial charge in [0.05, 0.1) is 17.4 Å². The molecule has 0 aromatic heterocycles. The second-order valence-electron chi connectivity index (χ2n) is 11.7. The van der Waals surface area contributed by atoms with Gasteiger partial charge in [-0.25, -0.2) is 0 Å². The summed E-state index contributed by atoms with van der Waals surface area (Å²) in [6, 6.07) is 5.08. The highest BCUT2D eigenvalue weighted by Gasteiger charge is 2.80.